The summed E-state index contributed by atoms with van der Waals surface area (Å²) >= 11 is 6.24. The second kappa shape index (κ2) is 5.85. The van der Waals surface area contributed by atoms with E-state index in [2.05, 4.69) is 5.32 Å². The van der Waals surface area contributed by atoms with Crippen LogP contribution >= 0.6 is 11.6 Å². The molecule has 1 aliphatic heterocycles. The van der Waals surface area contributed by atoms with Gasteiger partial charge >= 0.3 is 0 Å². The number of carbonyl (C=O) groups excluding carboxylic acids is 1. The first-order chi connectivity index (χ1) is 9.79. The van der Waals surface area contributed by atoms with E-state index >= 15 is 0 Å². The van der Waals surface area contributed by atoms with Crippen molar-refractivity contribution in [3.63, 3.8) is 0 Å². The van der Waals surface area contributed by atoms with Crippen molar-refractivity contribution in [2.75, 3.05) is 23.1 Å². The van der Waals surface area contributed by atoms with Crippen LogP contribution in [0.2, 0.25) is 5.02 Å². The fraction of sp³-hybridized carbons (Fsp3) is 0.500. The molecule has 0 unspecified atom stereocenters. The van der Waals surface area contributed by atoms with Gasteiger partial charge in [0.15, 0.2) is 0 Å². The Balaban J connectivity index is 2.27. The lowest BCUT2D eigenvalue weighted by atomic mass is 9.87. The second-order valence-corrected chi connectivity index (χ2v) is 8.19. The molecule has 0 saturated carbocycles. The van der Waals surface area contributed by atoms with Crippen molar-refractivity contribution in [2.24, 2.45) is 0 Å². The topological polar surface area (TPSA) is 66.5 Å². The average Bonchev–Trinajstić information content (AvgIpc) is 2.69. The lowest BCUT2D eigenvalue weighted by molar-refractivity contribution is -0.109. The Kier molecular flexibility index (Phi) is 4.49. The number of sulfonamides is 1. The SMILES string of the molecule is CC1(C)CN(S(=O)(=O)CCCNC=O)c2cccc(Cl)c21. The average molecular weight is 331 g/mol. The van der Waals surface area contributed by atoms with Crippen molar-refractivity contribution >= 4 is 33.7 Å². The van der Waals surface area contributed by atoms with Crippen LogP contribution in [-0.2, 0) is 20.2 Å². The van der Waals surface area contributed by atoms with Gasteiger partial charge < -0.3 is 5.32 Å². The van der Waals surface area contributed by atoms with Gasteiger partial charge in [-0.05, 0) is 18.6 Å². The number of amides is 1. The van der Waals surface area contributed by atoms with Crippen LogP contribution in [0.25, 0.3) is 0 Å². The van der Waals surface area contributed by atoms with E-state index in [0.29, 0.717) is 36.6 Å². The third-order valence-corrected chi connectivity index (χ3v) is 5.74. The van der Waals surface area contributed by atoms with E-state index < -0.39 is 10.0 Å². The summed E-state index contributed by atoms with van der Waals surface area (Å²) in [6.07, 6.45) is 0.953. The lowest BCUT2D eigenvalue weighted by Gasteiger charge is -2.22. The molecule has 0 spiro atoms. The fourth-order valence-electron chi connectivity index (χ4n) is 2.69. The highest BCUT2D eigenvalue weighted by molar-refractivity contribution is 7.92. The minimum Gasteiger partial charge on any atom is -0.359 e. The van der Waals surface area contributed by atoms with Gasteiger partial charge in [-0.15, -0.1) is 0 Å². The van der Waals surface area contributed by atoms with E-state index in [-0.39, 0.29) is 11.2 Å². The number of rotatable bonds is 6. The number of anilines is 1. The summed E-state index contributed by atoms with van der Waals surface area (Å²) in [7, 11) is -3.42. The molecule has 7 heteroatoms. The predicted octanol–water partition coefficient (Wildman–Crippen LogP) is 1.90. The zero-order chi connectivity index (χ0) is 15.7. The van der Waals surface area contributed by atoms with E-state index in [9.17, 15) is 13.2 Å². The number of benzene rings is 1. The largest absolute Gasteiger partial charge is 0.359 e. The third-order valence-electron chi connectivity index (χ3n) is 3.62. The molecule has 116 valence electrons. The first-order valence-electron chi connectivity index (χ1n) is 6.76. The Hall–Kier alpha value is -1.27. The van der Waals surface area contributed by atoms with E-state index in [1.807, 2.05) is 13.8 Å². The molecule has 1 aromatic carbocycles. The number of fused-ring (bicyclic) bond motifs is 1. The van der Waals surface area contributed by atoms with Gasteiger partial charge in [0, 0.05) is 29.1 Å². The fourth-order valence-corrected chi connectivity index (χ4v) is 4.81. The number of hydrogen-bond acceptors (Lipinski definition) is 3. The molecule has 0 bridgehead atoms. The quantitative estimate of drug-likeness (QED) is 0.640. The van der Waals surface area contributed by atoms with Crippen LogP contribution in [0.3, 0.4) is 0 Å². The van der Waals surface area contributed by atoms with Crippen molar-refractivity contribution < 1.29 is 13.2 Å². The molecule has 1 aromatic rings. The zero-order valence-corrected chi connectivity index (χ0v) is 13.7. The van der Waals surface area contributed by atoms with Gasteiger partial charge in [-0.25, -0.2) is 8.42 Å². The van der Waals surface area contributed by atoms with Crippen LogP contribution in [-0.4, -0.2) is 33.7 Å². The van der Waals surface area contributed by atoms with Crippen LogP contribution in [0.4, 0.5) is 5.69 Å². The van der Waals surface area contributed by atoms with Crippen molar-refractivity contribution in [2.45, 2.75) is 25.7 Å². The molecule has 1 heterocycles. The first kappa shape index (κ1) is 16.1. The van der Waals surface area contributed by atoms with Gasteiger partial charge in [0.1, 0.15) is 0 Å². The van der Waals surface area contributed by atoms with Crippen molar-refractivity contribution in [3.8, 4) is 0 Å². The maximum atomic E-state index is 12.5. The maximum absolute atomic E-state index is 12.5. The van der Waals surface area contributed by atoms with E-state index in [4.69, 9.17) is 11.6 Å². The van der Waals surface area contributed by atoms with Gasteiger partial charge in [0.2, 0.25) is 16.4 Å². The minimum absolute atomic E-state index is 0.00409. The Morgan fingerprint density at radius 3 is 2.81 bits per heavy atom. The maximum Gasteiger partial charge on any atom is 0.235 e. The summed E-state index contributed by atoms with van der Waals surface area (Å²) < 4.78 is 26.5. The number of halogens is 1. The van der Waals surface area contributed by atoms with Gasteiger partial charge in [-0.3, -0.25) is 9.10 Å². The molecular weight excluding hydrogens is 312 g/mol. The van der Waals surface area contributed by atoms with Crippen LogP contribution in [0, 0.1) is 0 Å². The molecular formula is C14H19ClN2O3S. The Bertz CT molecular complexity index is 644. The van der Waals surface area contributed by atoms with E-state index in [0.717, 1.165) is 5.56 Å². The third kappa shape index (κ3) is 3.16. The first-order valence-corrected chi connectivity index (χ1v) is 8.75. The van der Waals surface area contributed by atoms with Crippen LogP contribution < -0.4 is 9.62 Å². The van der Waals surface area contributed by atoms with E-state index in [1.165, 1.54) is 4.31 Å². The molecule has 0 aromatic heterocycles. The molecule has 1 amide bonds. The second-order valence-electron chi connectivity index (χ2n) is 5.77. The molecule has 0 saturated heterocycles. The summed E-state index contributed by atoms with van der Waals surface area (Å²) in [5.41, 5.74) is 1.22. The molecule has 0 radical (unpaired) electrons. The number of carbonyl (C=O) groups is 1. The molecule has 0 fully saturated rings. The molecule has 21 heavy (non-hydrogen) atoms. The Morgan fingerprint density at radius 2 is 2.14 bits per heavy atom. The molecule has 1 aliphatic rings. The summed E-state index contributed by atoms with van der Waals surface area (Å²) in [6, 6.07) is 5.34. The highest BCUT2D eigenvalue weighted by Gasteiger charge is 2.41. The van der Waals surface area contributed by atoms with Gasteiger partial charge in [0.05, 0.1) is 11.4 Å². The molecule has 2 rings (SSSR count). The molecule has 0 aliphatic carbocycles. The van der Waals surface area contributed by atoms with Gasteiger partial charge in [-0.1, -0.05) is 31.5 Å². The smallest absolute Gasteiger partial charge is 0.235 e. The summed E-state index contributed by atoms with van der Waals surface area (Å²) in [6.45, 7) is 4.71. The monoisotopic (exact) mass is 330 g/mol. The normalized spacial score (nSPS) is 16.6. The summed E-state index contributed by atoms with van der Waals surface area (Å²) in [4.78, 5) is 10.2. The minimum atomic E-state index is -3.42. The summed E-state index contributed by atoms with van der Waals surface area (Å²) in [5.74, 6) is -0.00409. The summed E-state index contributed by atoms with van der Waals surface area (Å²) in [5, 5.41) is 3.07. The standard InChI is InChI=1S/C14H19ClN2O3S/c1-14(2)9-17(12-6-3-5-11(15)13(12)14)21(19,20)8-4-7-16-10-18/h3,5-6,10H,4,7-9H2,1-2H3,(H,16,18). The molecule has 0 atom stereocenters. The van der Waals surface area contributed by atoms with Crippen molar-refractivity contribution in [3.05, 3.63) is 28.8 Å². The highest BCUT2D eigenvalue weighted by atomic mass is 35.5. The van der Waals surface area contributed by atoms with Crippen LogP contribution in [0.1, 0.15) is 25.8 Å². The number of hydrogen-bond donors (Lipinski definition) is 1. The zero-order valence-electron chi connectivity index (χ0n) is 12.1. The Morgan fingerprint density at radius 1 is 1.43 bits per heavy atom. The van der Waals surface area contributed by atoms with E-state index in [1.54, 1.807) is 18.2 Å². The predicted molar refractivity (Wildman–Crippen MR) is 84.3 cm³/mol. The molecule has 1 N–H and O–H groups in total. The number of nitrogens with one attached hydrogen (secondary N) is 1. The van der Waals surface area contributed by atoms with Gasteiger partial charge in [-0.2, -0.15) is 0 Å². The lowest BCUT2D eigenvalue weighted by Crippen LogP contribution is -2.36. The van der Waals surface area contributed by atoms with Crippen molar-refractivity contribution in [1.82, 2.24) is 5.32 Å². The van der Waals surface area contributed by atoms with Gasteiger partial charge in [0.25, 0.3) is 0 Å². The molecule has 5 nitrogen and oxygen atoms in total. The van der Waals surface area contributed by atoms with Crippen LogP contribution in [0.15, 0.2) is 18.2 Å². The highest BCUT2D eigenvalue weighted by Crippen LogP contribution is 2.45. The number of nitrogens with zero attached hydrogens (tertiary/aromatic N) is 1. The van der Waals surface area contributed by atoms with Crippen LogP contribution in [0.5, 0.6) is 0 Å². The Labute approximate surface area is 130 Å². The van der Waals surface area contributed by atoms with Crippen molar-refractivity contribution in [1.29, 1.82) is 0 Å².